The zero-order valence-corrected chi connectivity index (χ0v) is 19.9. The third kappa shape index (κ3) is 5.37. The molecule has 2 aromatic carbocycles. The summed E-state index contributed by atoms with van der Waals surface area (Å²) < 4.78 is 6.15. The predicted octanol–water partition coefficient (Wildman–Crippen LogP) is 4.76. The zero-order chi connectivity index (χ0) is 23.4. The molecule has 0 aliphatic heterocycles. The largest absolute Gasteiger partial charge is 0.497 e. The number of aromatic nitrogens is 2. The van der Waals surface area contributed by atoms with Gasteiger partial charge >= 0.3 is 0 Å². The number of methoxy groups -OCH3 is 1. The Morgan fingerprint density at radius 3 is 2.67 bits per heavy atom. The number of carbonyl (C=O) groups excluding carboxylic acids is 2. The van der Waals surface area contributed by atoms with Gasteiger partial charge in [-0.25, -0.2) is 4.98 Å². The van der Waals surface area contributed by atoms with Crippen LogP contribution in [0.3, 0.4) is 0 Å². The van der Waals surface area contributed by atoms with Crippen LogP contribution in [0.15, 0.2) is 52.7 Å². The third-order valence-corrected chi connectivity index (χ3v) is 7.60. The summed E-state index contributed by atoms with van der Waals surface area (Å²) in [6.45, 7) is 1.85. The SMILES string of the molecule is COc1ccc(-c2[nH]c3ccccc3c2CCC(=O)Nc2nc(C)c(SCC(N)=O)s2)cc1. The van der Waals surface area contributed by atoms with Crippen LogP contribution in [0.1, 0.15) is 17.7 Å². The number of nitrogens with two attached hydrogens (primary N) is 1. The number of aryl methyl sites for hydroxylation is 2. The van der Waals surface area contributed by atoms with Crippen molar-refractivity contribution in [2.75, 3.05) is 18.2 Å². The number of ether oxygens (including phenoxy) is 1. The second-order valence-electron chi connectivity index (χ2n) is 7.45. The third-order valence-electron chi connectivity index (χ3n) is 5.14. The maximum absolute atomic E-state index is 12.7. The molecule has 33 heavy (non-hydrogen) atoms. The Labute approximate surface area is 199 Å². The second kappa shape index (κ2) is 10.1. The Hall–Kier alpha value is -3.30. The van der Waals surface area contributed by atoms with Crippen molar-refractivity contribution in [2.45, 2.75) is 24.0 Å². The van der Waals surface area contributed by atoms with E-state index in [-0.39, 0.29) is 17.6 Å². The van der Waals surface area contributed by atoms with E-state index in [1.807, 2.05) is 49.4 Å². The quantitative estimate of drug-likeness (QED) is 0.299. The number of para-hydroxylation sites is 1. The number of thioether (sulfide) groups is 1. The Bertz CT molecular complexity index is 1300. The molecular formula is C24H24N4O3S2. The van der Waals surface area contributed by atoms with Crippen LogP contribution in [0.5, 0.6) is 5.75 Å². The fraction of sp³-hybridized carbons (Fsp3) is 0.208. The van der Waals surface area contributed by atoms with Gasteiger partial charge in [-0.05, 0) is 54.8 Å². The number of nitrogens with zero attached hydrogens (tertiary/aromatic N) is 1. The Kier molecular flexibility index (Phi) is 7.00. The normalized spacial score (nSPS) is 11.0. The van der Waals surface area contributed by atoms with E-state index < -0.39 is 0 Å². The van der Waals surface area contributed by atoms with Crippen molar-refractivity contribution in [3.8, 4) is 17.0 Å². The monoisotopic (exact) mass is 480 g/mol. The van der Waals surface area contributed by atoms with E-state index in [2.05, 4.69) is 21.4 Å². The van der Waals surface area contributed by atoms with Crippen molar-refractivity contribution in [3.63, 3.8) is 0 Å². The molecule has 0 saturated carbocycles. The molecule has 170 valence electrons. The fourth-order valence-electron chi connectivity index (χ4n) is 3.59. The van der Waals surface area contributed by atoms with Crippen molar-refractivity contribution in [1.29, 1.82) is 0 Å². The average molecular weight is 481 g/mol. The van der Waals surface area contributed by atoms with Gasteiger partial charge in [-0.2, -0.15) is 0 Å². The van der Waals surface area contributed by atoms with Crippen LogP contribution in [-0.4, -0.2) is 34.6 Å². The van der Waals surface area contributed by atoms with Crippen molar-refractivity contribution >= 4 is 50.9 Å². The highest BCUT2D eigenvalue weighted by Crippen LogP contribution is 2.34. The van der Waals surface area contributed by atoms with E-state index in [9.17, 15) is 9.59 Å². The van der Waals surface area contributed by atoms with Crippen LogP contribution in [0.2, 0.25) is 0 Å². The van der Waals surface area contributed by atoms with Crippen LogP contribution in [0.4, 0.5) is 5.13 Å². The number of rotatable bonds is 9. The number of hydrogen-bond donors (Lipinski definition) is 3. The minimum Gasteiger partial charge on any atom is -0.497 e. The molecule has 0 aliphatic carbocycles. The zero-order valence-electron chi connectivity index (χ0n) is 18.3. The number of anilines is 1. The maximum Gasteiger partial charge on any atom is 0.227 e. The number of nitrogens with one attached hydrogen (secondary N) is 2. The Balaban J connectivity index is 1.50. The van der Waals surface area contributed by atoms with E-state index in [0.717, 1.165) is 43.4 Å². The summed E-state index contributed by atoms with van der Waals surface area (Å²) >= 11 is 2.69. The van der Waals surface area contributed by atoms with Gasteiger partial charge in [0.2, 0.25) is 11.8 Å². The molecule has 0 radical (unpaired) electrons. The molecular weight excluding hydrogens is 456 g/mol. The molecule has 7 nitrogen and oxygen atoms in total. The number of fused-ring (bicyclic) bond motifs is 1. The highest BCUT2D eigenvalue weighted by molar-refractivity contribution is 8.01. The van der Waals surface area contributed by atoms with Gasteiger partial charge in [-0.15, -0.1) is 11.8 Å². The molecule has 0 unspecified atom stereocenters. The first-order valence-corrected chi connectivity index (χ1v) is 12.2. The number of amides is 2. The van der Waals surface area contributed by atoms with Crippen LogP contribution < -0.4 is 15.8 Å². The summed E-state index contributed by atoms with van der Waals surface area (Å²) in [5.74, 6) is 0.485. The molecule has 0 aliphatic rings. The lowest BCUT2D eigenvalue weighted by atomic mass is 10.0. The first-order chi connectivity index (χ1) is 15.9. The Morgan fingerprint density at radius 2 is 1.94 bits per heavy atom. The molecule has 0 bridgehead atoms. The van der Waals surface area contributed by atoms with E-state index in [1.54, 1.807) is 7.11 Å². The molecule has 4 aromatic rings. The topological polar surface area (TPSA) is 110 Å². The molecule has 0 spiro atoms. The summed E-state index contributed by atoms with van der Waals surface area (Å²) in [7, 11) is 1.64. The van der Waals surface area contributed by atoms with Gasteiger partial charge in [-0.1, -0.05) is 29.5 Å². The van der Waals surface area contributed by atoms with E-state index in [1.165, 1.54) is 23.1 Å². The number of carbonyl (C=O) groups is 2. The Morgan fingerprint density at radius 1 is 1.18 bits per heavy atom. The fourth-order valence-corrected chi connectivity index (χ4v) is 5.48. The maximum atomic E-state index is 12.7. The minimum atomic E-state index is -0.384. The number of aromatic amines is 1. The molecule has 4 rings (SSSR count). The summed E-state index contributed by atoms with van der Waals surface area (Å²) in [6, 6.07) is 16.0. The van der Waals surface area contributed by atoms with Gasteiger partial charge in [-0.3, -0.25) is 9.59 Å². The lowest BCUT2D eigenvalue weighted by Gasteiger charge is -2.07. The van der Waals surface area contributed by atoms with Crippen LogP contribution >= 0.6 is 23.1 Å². The van der Waals surface area contributed by atoms with Gasteiger partial charge < -0.3 is 20.8 Å². The number of thiazole rings is 1. The van der Waals surface area contributed by atoms with E-state index >= 15 is 0 Å². The van der Waals surface area contributed by atoms with Crippen molar-refractivity contribution in [2.24, 2.45) is 5.73 Å². The first-order valence-electron chi connectivity index (χ1n) is 10.4. The van der Waals surface area contributed by atoms with E-state index in [0.29, 0.717) is 18.0 Å². The van der Waals surface area contributed by atoms with Gasteiger partial charge in [0.15, 0.2) is 5.13 Å². The van der Waals surface area contributed by atoms with E-state index in [4.69, 9.17) is 10.5 Å². The highest BCUT2D eigenvalue weighted by atomic mass is 32.2. The molecule has 9 heteroatoms. The smallest absolute Gasteiger partial charge is 0.227 e. The standard InChI is InChI=1S/C24H24N4O3S2/c1-14-23(32-13-20(25)29)33-24(26-14)28-21(30)12-11-18-17-5-3-4-6-19(17)27-22(18)15-7-9-16(31-2)10-8-15/h3-10,27H,11-13H2,1-2H3,(H2,25,29)(H,26,28,30). The highest BCUT2D eigenvalue weighted by Gasteiger charge is 2.16. The number of benzene rings is 2. The molecule has 2 heterocycles. The van der Waals surface area contributed by atoms with Crippen molar-refractivity contribution < 1.29 is 14.3 Å². The first kappa shape index (κ1) is 22.9. The summed E-state index contributed by atoms with van der Waals surface area (Å²) in [6.07, 6.45) is 0.887. The van der Waals surface area contributed by atoms with Gasteiger partial charge in [0.05, 0.1) is 22.8 Å². The molecule has 2 amide bonds. The van der Waals surface area contributed by atoms with Crippen LogP contribution in [0, 0.1) is 6.92 Å². The van der Waals surface area contributed by atoms with Crippen molar-refractivity contribution in [1.82, 2.24) is 9.97 Å². The van der Waals surface area contributed by atoms with Gasteiger partial charge in [0.1, 0.15) is 5.75 Å². The summed E-state index contributed by atoms with van der Waals surface area (Å²) in [5, 5.41) is 4.52. The number of H-pyrrole nitrogens is 1. The molecule has 0 saturated heterocycles. The molecule has 2 aromatic heterocycles. The number of primary amides is 1. The number of hydrogen-bond acceptors (Lipinski definition) is 6. The van der Waals surface area contributed by atoms with Gasteiger partial charge in [0.25, 0.3) is 0 Å². The lowest BCUT2D eigenvalue weighted by molar-refractivity contribution is -0.116. The second-order valence-corrected chi connectivity index (χ2v) is 9.69. The predicted molar refractivity (Wildman–Crippen MR) is 134 cm³/mol. The molecule has 0 fully saturated rings. The summed E-state index contributed by atoms with van der Waals surface area (Å²) in [5.41, 5.74) is 10.2. The lowest BCUT2D eigenvalue weighted by Crippen LogP contribution is -2.12. The van der Waals surface area contributed by atoms with Crippen molar-refractivity contribution in [3.05, 3.63) is 59.8 Å². The van der Waals surface area contributed by atoms with Gasteiger partial charge in [0, 0.05) is 23.0 Å². The van der Waals surface area contributed by atoms with Crippen LogP contribution in [0.25, 0.3) is 22.2 Å². The average Bonchev–Trinajstić information content (AvgIpc) is 3.35. The molecule has 4 N–H and O–H groups in total. The van der Waals surface area contributed by atoms with Crippen LogP contribution in [-0.2, 0) is 16.0 Å². The summed E-state index contributed by atoms with van der Waals surface area (Å²) in [4.78, 5) is 31.6. The molecule has 0 atom stereocenters. The minimum absolute atomic E-state index is 0.110.